The third-order valence-corrected chi connectivity index (χ3v) is 15.6. The van der Waals surface area contributed by atoms with Crippen LogP contribution in [0.4, 0.5) is 17.1 Å². The number of furan rings is 1. The second kappa shape index (κ2) is 14.6. The minimum absolute atomic E-state index is 0.0927. The van der Waals surface area contributed by atoms with Gasteiger partial charge >= 0.3 is 0 Å². The molecule has 3 nitrogen and oxygen atoms in total. The van der Waals surface area contributed by atoms with Crippen molar-refractivity contribution in [2.24, 2.45) is 0 Å². The molecule has 0 radical (unpaired) electrons. The van der Waals surface area contributed by atoms with E-state index in [1.165, 1.54) is 88.8 Å². The molecule has 2 aromatic heterocycles. The summed E-state index contributed by atoms with van der Waals surface area (Å²) in [7, 11) is 0. The molecule has 0 saturated carbocycles. The van der Waals surface area contributed by atoms with E-state index in [1.54, 1.807) is 0 Å². The van der Waals surface area contributed by atoms with Gasteiger partial charge in [0, 0.05) is 55.0 Å². The molecule has 0 saturated heterocycles. The van der Waals surface area contributed by atoms with Crippen LogP contribution in [0.3, 0.4) is 0 Å². The molecule has 0 bridgehead atoms. The lowest BCUT2D eigenvalue weighted by atomic mass is 9.82. The van der Waals surface area contributed by atoms with Crippen LogP contribution in [0.1, 0.15) is 49.9 Å². The van der Waals surface area contributed by atoms with Crippen LogP contribution in [-0.4, -0.2) is 4.57 Å². The Morgan fingerprint density at radius 3 is 1.74 bits per heavy atom. The summed E-state index contributed by atoms with van der Waals surface area (Å²) < 4.78 is 8.76. The maximum Gasteiger partial charge on any atom is 0.136 e. The van der Waals surface area contributed by atoms with Gasteiger partial charge in [-0.15, -0.1) is 0 Å². The Hall–Kier alpha value is -8.40. The molecule has 0 spiro atoms. The number of aromatic nitrogens is 1. The van der Waals surface area contributed by atoms with Crippen LogP contribution in [0.15, 0.2) is 223 Å². The summed E-state index contributed by atoms with van der Waals surface area (Å²) >= 11 is 0. The van der Waals surface area contributed by atoms with Crippen LogP contribution in [0.25, 0.3) is 93.9 Å². The minimum atomic E-state index is -0.130. The smallest absolute Gasteiger partial charge is 0.136 e. The zero-order chi connectivity index (χ0) is 46.2. The van der Waals surface area contributed by atoms with Crippen LogP contribution < -0.4 is 4.90 Å². The summed E-state index contributed by atoms with van der Waals surface area (Å²) in [4.78, 5) is 2.45. The zero-order valence-electron chi connectivity index (χ0n) is 39.1. The van der Waals surface area contributed by atoms with Gasteiger partial charge in [0.25, 0.3) is 0 Å². The lowest BCUT2D eigenvalue weighted by Gasteiger charge is -2.29. The van der Waals surface area contributed by atoms with Gasteiger partial charge in [0.05, 0.1) is 16.7 Å². The monoisotopic (exact) mass is 884 g/mol. The molecule has 0 fully saturated rings. The molecule has 0 amide bonds. The van der Waals surface area contributed by atoms with E-state index < -0.39 is 0 Å². The molecule has 69 heavy (non-hydrogen) atoms. The van der Waals surface area contributed by atoms with E-state index in [9.17, 15) is 0 Å². The van der Waals surface area contributed by atoms with E-state index in [-0.39, 0.29) is 10.8 Å². The highest BCUT2D eigenvalue weighted by molar-refractivity contribution is 6.14. The highest BCUT2D eigenvalue weighted by Crippen LogP contribution is 2.55. The summed E-state index contributed by atoms with van der Waals surface area (Å²) in [5.74, 6) is 0. The van der Waals surface area contributed by atoms with Crippen molar-refractivity contribution >= 4 is 60.8 Å². The molecule has 328 valence electrons. The molecule has 12 aromatic rings. The average molecular weight is 885 g/mol. The van der Waals surface area contributed by atoms with Gasteiger partial charge in [-0.1, -0.05) is 167 Å². The average Bonchev–Trinajstić information content (AvgIpc) is 4.07. The summed E-state index contributed by atoms with van der Waals surface area (Å²) in [6.07, 6.45) is 0. The first kappa shape index (κ1) is 39.7. The van der Waals surface area contributed by atoms with Crippen molar-refractivity contribution in [2.45, 2.75) is 38.5 Å². The number of benzene rings is 10. The first-order valence-corrected chi connectivity index (χ1v) is 24.2. The molecule has 0 unspecified atom stereocenters. The Morgan fingerprint density at radius 1 is 0.377 bits per heavy atom. The number of anilines is 3. The van der Waals surface area contributed by atoms with Crippen molar-refractivity contribution in [1.29, 1.82) is 0 Å². The Bertz CT molecular complexity index is 4050. The van der Waals surface area contributed by atoms with Gasteiger partial charge in [0.1, 0.15) is 11.2 Å². The van der Waals surface area contributed by atoms with Crippen molar-refractivity contribution in [2.75, 3.05) is 4.90 Å². The molecule has 0 N–H and O–H groups in total. The van der Waals surface area contributed by atoms with Crippen molar-refractivity contribution in [3.8, 4) is 50.2 Å². The van der Waals surface area contributed by atoms with Crippen molar-refractivity contribution < 1.29 is 4.42 Å². The lowest BCUT2D eigenvalue weighted by Crippen LogP contribution is -2.16. The van der Waals surface area contributed by atoms with E-state index in [2.05, 4.69) is 249 Å². The number of fused-ring (bicyclic) bond motifs is 12. The van der Waals surface area contributed by atoms with Crippen LogP contribution >= 0.6 is 0 Å². The fraction of sp³-hybridized carbons (Fsp3) is 0.0909. The molecule has 2 aliphatic rings. The molecular weight excluding hydrogens is 837 g/mol. The van der Waals surface area contributed by atoms with Gasteiger partial charge < -0.3 is 13.9 Å². The molecule has 14 rings (SSSR count). The molecular formula is C66H48N2O. The highest BCUT2D eigenvalue weighted by Gasteiger charge is 2.38. The quantitative estimate of drug-likeness (QED) is 0.166. The predicted octanol–water partition coefficient (Wildman–Crippen LogP) is 18.1. The fourth-order valence-electron chi connectivity index (χ4n) is 12.2. The molecule has 2 heterocycles. The second-order valence-corrected chi connectivity index (χ2v) is 20.1. The highest BCUT2D eigenvalue weighted by atomic mass is 16.3. The normalized spacial score (nSPS) is 14.0. The first-order valence-electron chi connectivity index (χ1n) is 24.2. The molecule has 10 aromatic carbocycles. The van der Waals surface area contributed by atoms with Gasteiger partial charge in [-0.2, -0.15) is 0 Å². The maximum absolute atomic E-state index is 6.31. The van der Waals surface area contributed by atoms with Crippen LogP contribution in [-0.2, 0) is 10.8 Å². The SMILES string of the molecule is CC1(C)c2ccccc2-c2cc3c4cc(-c5ccc(N(c6ccc(-c7cccc8oc9ccccc9c78)cc6)c6cccc7c6-c6ccccc6C7(C)C)cc5)ccc4n(-c4ccccc4)c3cc21. The minimum Gasteiger partial charge on any atom is -0.456 e. The van der Waals surface area contributed by atoms with Gasteiger partial charge in [-0.25, -0.2) is 0 Å². The zero-order valence-corrected chi connectivity index (χ0v) is 39.1. The third-order valence-electron chi connectivity index (χ3n) is 15.6. The first-order chi connectivity index (χ1) is 33.7. The standard InChI is InChI=1S/C66H48N2O/c1-65(2)55-23-12-9-19-49(55)64-56(65)24-15-25-59(64)67(46-35-30-42(31-36-46)47-21-14-27-62-63(47)50-20-10-13-26-61(50)69-62)45-33-28-41(29-34-45)43-32-37-58-52(38-43)53-39-51-48-18-8-11-22-54(48)66(3,4)57(51)40-60(53)68(58)44-16-6-5-7-17-44/h5-40H,1-4H3. The van der Waals surface area contributed by atoms with E-state index in [1.807, 2.05) is 6.07 Å². The Kier molecular flexibility index (Phi) is 8.38. The molecule has 3 heteroatoms. The second-order valence-electron chi connectivity index (χ2n) is 20.1. The van der Waals surface area contributed by atoms with E-state index >= 15 is 0 Å². The molecule has 0 aliphatic heterocycles. The molecule has 2 aliphatic carbocycles. The Labute approximate surface area is 402 Å². The fourth-order valence-corrected chi connectivity index (χ4v) is 12.2. The van der Waals surface area contributed by atoms with E-state index in [0.717, 1.165) is 44.4 Å². The van der Waals surface area contributed by atoms with E-state index in [0.29, 0.717) is 0 Å². The Balaban J connectivity index is 0.915. The van der Waals surface area contributed by atoms with Crippen molar-refractivity contribution in [1.82, 2.24) is 4.57 Å². The lowest BCUT2D eigenvalue weighted by molar-refractivity contribution is 0.660. The number of nitrogens with zero attached hydrogens (tertiary/aromatic N) is 2. The largest absolute Gasteiger partial charge is 0.456 e. The van der Waals surface area contributed by atoms with E-state index in [4.69, 9.17) is 4.42 Å². The van der Waals surface area contributed by atoms with Gasteiger partial charge in [0.2, 0.25) is 0 Å². The summed E-state index contributed by atoms with van der Waals surface area (Å²) in [6, 6.07) is 80.5. The molecule has 0 atom stereocenters. The third kappa shape index (κ3) is 5.74. The van der Waals surface area contributed by atoms with Gasteiger partial charge in [0.15, 0.2) is 0 Å². The Morgan fingerprint density at radius 2 is 0.957 bits per heavy atom. The summed E-state index contributed by atoms with van der Waals surface area (Å²) in [5.41, 5.74) is 24.0. The number of hydrogen-bond acceptors (Lipinski definition) is 2. The van der Waals surface area contributed by atoms with Gasteiger partial charge in [-0.05, 0) is 140 Å². The van der Waals surface area contributed by atoms with Crippen molar-refractivity contribution in [3.63, 3.8) is 0 Å². The number of hydrogen-bond donors (Lipinski definition) is 0. The predicted molar refractivity (Wildman–Crippen MR) is 289 cm³/mol. The van der Waals surface area contributed by atoms with Crippen molar-refractivity contribution in [3.05, 3.63) is 241 Å². The number of para-hydroxylation sites is 2. The van der Waals surface area contributed by atoms with Crippen LogP contribution in [0.5, 0.6) is 0 Å². The number of rotatable bonds is 6. The van der Waals surface area contributed by atoms with Crippen LogP contribution in [0.2, 0.25) is 0 Å². The summed E-state index contributed by atoms with van der Waals surface area (Å²) in [6.45, 7) is 9.45. The summed E-state index contributed by atoms with van der Waals surface area (Å²) in [5, 5.41) is 4.80. The maximum atomic E-state index is 6.31. The van der Waals surface area contributed by atoms with Gasteiger partial charge in [-0.3, -0.25) is 0 Å². The topological polar surface area (TPSA) is 21.3 Å². The van der Waals surface area contributed by atoms with Crippen LogP contribution in [0, 0.1) is 0 Å².